The van der Waals surface area contributed by atoms with Gasteiger partial charge in [0.1, 0.15) is 0 Å². The first-order valence-corrected chi connectivity index (χ1v) is 7.50. The Labute approximate surface area is 126 Å². The third-order valence-electron chi connectivity index (χ3n) is 3.31. The number of aromatic nitrogens is 2. The fraction of sp³-hybridized carbons (Fsp3) is 0.125. The summed E-state index contributed by atoms with van der Waals surface area (Å²) in [5.41, 5.74) is 1.61. The average molecular weight is 298 g/mol. The minimum Gasteiger partial charge on any atom is -0.618 e. The van der Waals surface area contributed by atoms with Gasteiger partial charge >= 0.3 is 0 Å². The Bertz CT molecular complexity index is 798. The topological polar surface area (TPSA) is 59.8 Å². The van der Waals surface area contributed by atoms with E-state index in [1.165, 1.54) is 18.0 Å². The quantitative estimate of drug-likeness (QED) is 0.348. The summed E-state index contributed by atoms with van der Waals surface area (Å²) in [4.78, 5) is 15.7. The second-order valence-electron chi connectivity index (χ2n) is 4.74. The Hall–Kier alpha value is -2.27. The Morgan fingerprint density at radius 2 is 2.00 bits per heavy atom. The summed E-state index contributed by atoms with van der Waals surface area (Å²) < 4.78 is 0.781. The van der Waals surface area contributed by atoms with Gasteiger partial charge in [0.25, 0.3) is 5.03 Å². The number of aromatic amines is 1. The van der Waals surface area contributed by atoms with Crippen molar-refractivity contribution < 1.29 is 9.52 Å². The molecular formula is C16H14N2O2S. The van der Waals surface area contributed by atoms with Crippen molar-refractivity contribution >= 4 is 28.4 Å². The Kier molecular flexibility index (Phi) is 3.66. The van der Waals surface area contributed by atoms with Crippen molar-refractivity contribution in [2.75, 3.05) is 0 Å². The normalized spacial score (nSPS) is 12.4. The van der Waals surface area contributed by atoms with Gasteiger partial charge in [0.05, 0.1) is 5.25 Å². The molecule has 4 nitrogen and oxygen atoms in total. The summed E-state index contributed by atoms with van der Waals surface area (Å²) in [6, 6.07) is 12.9. The largest absolute Gasteiger partial charge is 0.618 e. The van der Waals surface area contributed by atoms with Crippen LogP contribution >= 0.6 is 11.8 Å². The van der Waals surface area contributed by atoms with Crippen molar-refractivity contribution in [2.24, 2.45) is 0 Å². The second-order valence-corrected chi connectivity index (χ2v) is 6.10. The van der Waals surface area contributed by atoms with Gasteiger partial charge in [-0.1, -0.05) is 18.2 Å². The molecule has 1 N–H and O–H groups in total. The lowest BCUT2D eigenvalue weighted by Crippen LogP contribution is -2.29. The van der Waals surface area contributed by atoms with Gasteiger partial charge < -0.3 is 10.2 Å². The third kappa shape index (κ3) is 2.64. The highest BCUT2D eigenvalue weighted by Crippen LogP contribution is 2.26. The van der Waals surface area contributed by atoms with E-state index in [9.17, 15) is 10.0 Å². The van der Waals surface area contributed by atoms with Gasteiger partial charge in [-0.2, -0.15) is 4.73 Å². The highest BCUT2D eigenvalue weighted by Gasteiger charge is 2.22. The number of H-pyrrole nitrogens is 1. The molecule has 1 unspecified atom stereocenters. The van der Waals surface area contributed by atoms with E-state index >= 15 is 0 Å². The maximum Gasteiger partial charge on any atom is 0.252 e. The van der Waals surface area contributed by atoms with Gasteiger partial charge in [0, 0.05) is 34.8 Å². The lowest BCUT2D eigenvalue weighted by Gasteiger charge is -2.09. The number of hydrogen-bond donors (Lipinski definition) is 1. The lowest BCUT2D eigenvalue weighted by molar-refractivity contribution is -0.645. The number of nitrogens with one attached hydrogen (secondary N) is 1. The predicted octanol–water partition coefficient (Wildman–Crippen LogP) is 3.16. The molecule has 2 heterocycles. The molecular weight excluding hydrogens is 284 g/mol. The zero-order valence-electron chi connectivity index (χ0n) is 11.4. The fourth-order valence-corrected chi connectivity index (χ4v) is 3.15. The molecule has 0 aliphatic rings. The molecule has 1 aromatic carbocycles. The van der Waals surface area contributed by atoms with Gasteiger partial charge in [-0.05, 0) is 30.8 Å². The molecule has 3 aromatic rings. The maximum absolute atomic E-state index is 12.6. The minimum absolute atomic E-state index is 0.0151. The zero-order valence-corrected chi connectivity index (χ0v) is 12.3. The first-order valence-electron chi connectivity index (χ1n) is 6.62. The van der Waals surface area contributed by atoms with E-state index in [4.69, 9.17) is 0 Å². The summed E-state index contributed by atoms with van der Waals surface area (Å²) in [6.07, 6.45) is 3.17. The number of benzene rings is 1. The minimum atomic E-state index is -0.327. The van der Waals surface area contributed by atoms with Gasteiger partial charge in [0.15, 0.2) is 12.0 Å². The number of rotatable bonds is 4. The molecule has 0 amide bonds. The number of thioether (sulfide) groups is 1. The van der Waals surface area contributed by atoms with Crippen LogP contribution in [0.25, 0.3) is 10.9 Å². The van der Waals surface area contributed by atoms with Crippen LogP contribution in [0, 0.1) is 5.21 Å². The van der Waals surface area contributed by atoms with E-state index < -0.39 is 0 Å². The Balaban J connectivity index is 1.86. The summed E-state index contributed by atoms with van der Waals surface area (Å²) in [6.45, 7) is 1.82. The van der Waals surface area contributed by atoms with Crippen molar-refractivity contribution in [3.8, 4) is 0 Å². The van der Waals surface area contributed by atoms with Gasteiger partial charge in [0.2, 0.25) is 0 Å². The number of carbonyl (C=O) groups is 1. The number of hydrogen-bond acceptors (Lipinski definition) is 3. The number of carbonyl (C=O) groups excluding carboxylic acids is 1. The molecule has 0 bridgehead atoms. The Morgan fingerprint density at radius 1 is 1.24 bits per heavy atom. The van der Waals surface area contributed by atoms with Gasteiger partial charge in [-0.25, -0.2) is 0 Å². The van der Waals surface area contributed by atoms with E-state index in [1.54, 1.807) is 24.4 Å². The van der Waals surface area contributed by atoms with Crippen molar-refractivity contribution in [2.45, 2.75) is 17.2 Å². The highest BCUT2D eigenvalue weighted by atomic mass is 32.2. The van der Waals surface area contributed by atoms with E-state index in [-0.39, 0.29) is 11.0 Å². The molecule has 0 saturated heterocycles. The Morgan fingerprint density at radius 3 is 2.81 bits per heavy atom. The van der Waals surface area contributed by atoms with E-state index in [2.05, 4.69) is 4.98 Å². The standard InChI is InChI=1S/C16H14N2O2S/c1-11(21-15-8-4-5-9-18(15)20)16(19)13-10-17-14-7-3-2-6-12(13)14/h2-11,17H,1H3. The van der Waals surface area contributed by atoms with Crippen LogP contribution in [0.15, 0.2) is 59.9 Å². The van der Waals surface area contributed by atoms with Crippen LogP contribution in [0.2, 0.25) is 0 Å². The first kappa shape index (κ1) is 13.7. The third-order valence-corrected chi connectivity index (χ3v) is 4.44. The van der Waals surface area contributed by atoms with Crippen LogP contribution in [-0.2, 0) is 0 Å². The van der Waals surface area contributed by atoms with Crippen molar-refractivity contribution in [1.29, 1.82) is 0 Å². The SMILES string of the molecule is CC(Sc1cccc[n+]1[O-])C(=O)c1c[nH]c2ccccc12. The average Bonchev–Trinajstić information content (AvgIpc) is 2.92. The van der Waals surface area contributed by atoms with Crippen molar-refractivity contribution in [3.05, 3.63) is 65.6 Å². The van der Waals surface area contributed by atoms with E-state index in [0.29, 0.717) is 10.6 Å². The predicted molar refractivity (Wildman–Crippen MR) is 83.4 cm³/mol. The molecule has 0 radical (unpaired) electrons. The molecule has 0 aliphatic carbocycles. The molecule has 1 atom stereocenters. The molecule has 0 fully saturated rings. The summed E-state index contributed by atoms with van der Waals surface area (Å²) in [5.74, 6) is 0.0151. The lowest BCUT2D eigenvalue weighted by atomic mass is 10.1. The van der Waals surface area contributed by atoms with Crippen LogP contribution in [-0.4, -0.2) is 16.0 Å². The number of para-hydroxylation sites is 1. The summed E-state index contributed by atoms with van der Waals surface area (Å²) >= 11 is 1.27. The number of fused-ring (bicyclic) bond motifs is 1. The molecule has 0 saturated carbocycles. The zero-order chi connectivity index (χ0) is 14.8. The fourth-order valence-electron chi connectivity index (χ4n) is 2.23. The molecule has 5 heteroatoms. The maximum atomic E-state index is 12.6. The molecule has 3 rings (SSSR count). The van der Waals surface area contributed by atoms with Crippen LogP contribution in [0.5, 0.6) is 0 Å². The van der Waals surface area contributed by atoms with E-state index in [0.717, 1.165) is 15.6 Å². The molecule has 21 heavy (non-hydrogen) atoms. The number of ketones is 1. The van der Waals surface area contributed by atoms with Gasteiger partial charge in [-0.15, -0.1) is 0 Å². The van der Waals surface area contributed by atoms with Crippen LogP contribution in [0.1, 0.15) is 17.3 Å². The monoisotopic (exact) mass is 298 g/mol. The van der Waals surface area contributed by atoms with Crippen LogP contribution < -0.4 is 4.73 Å². The molecule has 0 spiro atoms. The summed E-state index contributed by atoms with van der Waals surface area (Å²) in [7, 11) is 0. The van der Waals surface area contributed by atoms with Crippen LogP contribution in [0.4, 0.5) is 0 Å². The van der Waals surface area contributed by atoms with Crippen molar-refractivity contribution in [3.63, 3.8) is 0 Å². The number of nitrogens with zero attached hydrogens (tertiary/aromatic N) is 1. The summed E-state index contributed by atoms with van der Waals surface area (Å²) in [5, 5.41) is 12.8. The van der Waals surface area contributed by atoms with Gasteiger partial charge in [-0.3, -0.25) is 4.79 Å². The smallest absolute Gasteiger partial charge is 0.252 e. The number of Topliss-reactive ketones (excluding diaryl/α,β-unsaturated/α-hetero) is 1. The molecule has 2 aromatic heterocycles. The second kappa shape index (κ2) is 5.61. The van der Waals surface area contributed by atoms with E-state index in [1.807, 2.05) is 31.2 Å². The number of pyridine rings is 1. The van der Waals surface area contributed by atoms with Crippen LogP contribution in [0.3, 0.4) is 0 Å². The highest BCUT2D eigenvalue weighted by molar-refractivity contribution is 8.00. The first-order chi connectivity index (χ1) is 10.2. The molecule has 106 valence electrons. The van der Waals surface area contributed by atoms with Crippen molar-refractivity contribution in [1.82, 2.24) is 4.98 Å². The molecule has 0 aliphatic heterocycles.